The van der Waals surface area contributed by atoms with E-state index in [1.807, 2.05) is 24.3 Å². The van der Waals surface area contributed by atoms with Gasteiger partial charge in [0.05, 0.1) is 13.2 Å². The lowest BCUT2D eigenvalue weighted by Gasteiger charge is -2.10. The van der Waals surface area contributed by atoms with E-state index in [0.29, 0.717) is 63.2 Å². The fraction of sp³-hybridized carbons (Fsp3) is 0.606. The number of unbranched alkanes of at least 4 members (excludes halogenated alkanes) is 8. The Hall–Kier alpha value is -2.69. The van der Waals surface area contributed by atoms with Gasteiger partial charge in [0.15, 0.2) is 0 Å². The molecule has 0 atom stereocenters. The Bertz CT molecular complexity index is 850. The van der Waals surface area contributed by atoms with Crippen molar-refractivity contribution < 1.29 is 24.5 Å². The number of phenolic OH excluding ortho intramolecular Hbond substituents is 2. The van der Waals surface area contributed by atoms with E-state index in [1.54, 1.807) is 12.1 Å². The summed E-state index contributed by atoms with van der Waals surface area (Å²) >= 11 is 0. The number of Topliss-reactive ketones (excluding diaryl/α,β-unsaturated/α-hetero) is 1. The van der Waals surface area contributed by atoms with Crippen molar-refractivity contribution in [2.24, 2.45) is 0 Å². The molecule has 0 aliphatic carbocycles. The van der Waals surface area contributed by atoms with Crippen molar-refractivity contribution >= 4 is 5.78 Å². The molecule has 0 saturated carbocycles. The number of hydrogen-bond acceptors (Lipinski definition) is 5. The minimum absolute atomic E-state index is 0.218. The first-order valence-electron chi connectivity index (χ1n) is 14.9. The summed E-state index contributed by atoms with van der Waals surface area (Å²) in [5.41, 5.74) is 1.70. The molecular formula is C33H50O5. The van der Waals surface area contributed by atoms with Gasteiger partial charge < -0.3 is 19.7 Å². The number of carbonyl (C=O) groups is 1. The molecule has 0 aliphatic rings. The lowest BCUT2D eigenvalue weighted by atomic mass is 10.0. The predicted octanol–water partition coefficient (Wildman–Crippen LogP) is 8.71. The van der Waals surface area contributed by atoms with E-state index < -0.39 is 0 Å². The highest BCUT2D eigenvalue weighted by Gasteiger charge is 2.09. The monoisotopic (exact) mass is 526 g/mol. The van der Waals surface area contributed by atoms with Crippen LogP contribution >= 0.6 is 0 Å². The highest BCUT2D eigenvalue weighted by molar-refractivity contribution is 5.78. The van der Waals surface area contributed by atoms with Crippen molar-refractivity contribution in [2.45, 2.75) is 117 Å². The van der Waals surface area contributed by atoms with Gasteiger partial charge in [-0.1, -0.05) is 77.3 Å². The zero-order chi connectivity index (χ0) is 27.4. The van der Waals surface area contributed by atoms with Crippen LogP contribution in [0, 0.1) is 0 Å². The van der Waals surface area contributed by atoms with Crippen LogP contribution in [0.2, 0.25) is 0 Å². The van der Waals surface area contributed by atoms with Gasteiger partial charge in [0.25, 0.3) is 0 Å². The summed E-state index contributed by atoms with van der Waals surface area (Å²) < 4.78 is 11.5. The van der Waals surface area contributed by atoms with Gasteiger partial charge in [-0.25, -0.2) is 0 Å². The van der Waals surface area contributed by atoms with Gasteiger partial charge in [-0.15, -0.1) is 0 Å². The van der Waals surface area contributed by atoms with E-state index in [9.17, 15) is 15.0 Å². The lowest BCUT2D eigenvalue weighted by molar-refractivity contribution is -0.119. The van der Waals surface area contributed by atoms with Crippen molar-refractivity contribution in [3.63, 3.8) is 0 Å². The molecule has 212 valence electrons. The van der Waals surface area contributed by atoms with Crippen LogP contribution in [-0.2, 0) is 17.6 Å². The van der Waals surface area contributed by atoms with E-state index in [-0.39, 0.29) is 17.3 Å². The highest BCUT2D eigenvalue weighted by atomic mass is 16.5. The number of ketones is 1. The number of aryl methyl sites for hydroxylation is 2. The normalized spacial score (nSPS) is 11.0. The van der Waals surface area contributed by atoms with Crippen LogP contribution in [0.4, 0.5) is 0 Å². The molecule has 2 aromatic carbocycles. The van der Waals surface area contributed by atoms with Gasteiger partial charge >= 0.3 is 0 Å². The first kappa shape index (κ1) is 31.5. The van der Waals surface area contributed by atoms with E-state index >= 15 is 0 Å². The lowest BCUT2D eigenvalue weighted by Crippen LogP contribution is -2.01. The maximum Gasteiger partial charge on any atom is 0.132 e. The largest absolute Gasteiger partial charge is 0.508 e. The minimum Gasteiger partial charge on any atom is -0.508 e. The van der Waals surface area contributed by atoms with E-state index in [1.165, 1.54) is 51.4 Å². The van der Waals surface area contributed by atoms with E-state index in [4.69, 9.17) is 9.47 Å². The summed E-state index contributed by atoms with van der Waals surface area (Å²) in [4.78, 5) is 12.4. The minimum atomic E-state index is 0.218. The van der Waals surface area contributed by atoms with Crippen molar-refractivity contribution in [1.29, 1.82) is 0 Å². The number of aromatic hydroxyl groups is 2. The molecule has 0 bridgehead atoms. The highest BCUT2D eigenvalue weighted by Crippen LogP contribution is 2.27. The van der Waals surface area contributed by atoms with Gasteiger partial charge in [-0.3, -0.25) is 4.79 Å². The Balaban J connectivity index is 1.61. The molecule has 0 unspecified atom stereocenters. The quantitative estimate of drug-likeness (QED) is 0.150. The Labute approximate surface area is 230 Å². The van der Waals surface area contributed by atoms with Crippen LogP contribution in [-0.4, -0.2) is 29.2 Å². The van der Waals surface area contributed by atoms with E-state index in [2.05, 4.69) is 13.8 Å². The molecule has 0 radical (unpaired) electrons. The Kier molecular flexibility index (Phi) is 16.1. The van der Waals surface area contributed by atoms with Crippen LogP contribution in [0.1, 0.15) is 115 Å². The van der Waals surface area contributed by atoms with Crippen molar-refractivity contribution in [3.05, 3.63) is 47.5 Å². The molecule has 2 aromatic rings. The van der Waals surface area contributed by atoms with Crippen molar-refractivity contribution in [2.75, 3.05) is 13.2 Å². The van der Waals surface area contributed by atoms with Gasteiger partial charge in [-0.2, -0.15) is 0 Å². The van der Waals surface area contributed by atoms with Crippen molar-refractivity contribution in [1.82, 2.24) is 0 Å². The number of rotatable bonds is 22. The second kappa shape index (κ2) is 19.4. The zero-order valence-corrected chi connectivity index (χ0v) is 23.8. The van der Waals surface area contributed by atoms with E-state index in [0.717, 1.165) is 24.0 Å². The second-order valence-electron chi connectivity index (χ2n) is 10.4. The summed E-state index contributed by atoms with van der Waals surface area (Å²) in [6.45, 7) is 5.76. The maximum absolute atomic E-state index is 12.4. The molecule has 0 aliphatic heterocycles. The Morgan fingerprint density at radius 3 is 1.42 bits per heavy atom. The Morgan fingerprint density at radius 2 is 1.03 bits per heavy atom. The number of phenols is 2. The molecule has 0 aromatic heterocycles. The van der Waals surface area contributed by atoms with Gasteiger partial charge in [-0.05, 0) is 61.8 Å². The smallest absolute Gasteiger partial charge is 0.132 e. The molecule has 38 heavy (non-hydrogen) atoms. The molecule has 5 nitrogen and oxygen atoms in total. The third-order valence-corrected chi connectivity index (χ3v) is 6.95. The molecule has 0 saturated heterocycles. The van der Waals surface area contributed by atoms with Crippen LogP contribution in [0.5, 0.6) is 23.0 Å². The van der Waals surface area contributed by atoms with Gasteiger partial charge in [0.2, 0.25) is 0 Å². The molecule has 2 N–H and O–H groups in total. The fourth-order valence-corrected chi connectivity index (χ4v) is 4.56. The SMILES string of the molecule is CCCCCCCOc1ccc(CCCC(=O)CCCc2ccc(OCCCCCCC)cc2O)c(O)c1. The van der Waals surface area contributed by atoms with Crippen LogP contribution < -0.4 is 9.47 Å². The Morgan fingerprint density at radius 1 is 0.605 bits per heavy atom. The molecule has 5 heteroatoms. The van der Waals surface area contributed by atoms with Gasteiger partial charge in [0.1, 0.15) is 28.8 Å². The average molecular weight is 527 g/mol. The van der Waals surface area contributed by atoms with Crippen LogP contribution in [0.3, 0.4) is 0 Å². The van der Waals surface area contributed by atoms with Crippen LogP contribution in [0.25, 0.3) is 0 Å². The summed E-state index contributed by atoms with van der Waals surface area (Å²) in [5, 5.41) is 20.7. The third-order valence-electron chi connectivity index (χ3n) is 6.95. The molecule has 0 heterocycles. The number of benzene rings is 2. The average Bonchev–Trinajstić information content (AvgIpc) is 2.90. The molecule has 2 rings (SSSR count). The molecule has 0 spiro atoms. The maximum atomic E-state index is 12.4. The zero-order valence-electron chi connectivity index (χ0n) is 23.8. The molecular weight excluding hydrogens is 476 g/mol. The summed E-state index contributed by atoms with van der Waals surface area (Å²) in [5.74, 6) is 2.09. The number of ether oxygens (including phenoxy) is 2. The van der Waals surface area contributed by atoms with Crippen LogP contribution in [0.15, 0.2) is 36.4 Å². The summed E-state index contributed by atoms with van der Waals surface area (Å²) in [7, 11) is 0. The first-order chi connectivity index (χ1) is 18.5. The standard InChI is InChI=1S/C33H50O5/c1-3-5-7-9-11-23-37-30-21-19-27(32(35)25-30)15-13-17-29(34)18-14-16-28-20-22-31(26-33(28)36)38-24-12-10-8-6-4-2/h19-22,25-26,35-36H,3-18,23-24H2,1-2H3. The second-order valence-corrected chi connectivity index (χ2v) is 10.4. The first-order valence-corrected chi connectivity index (χ1v) is 14.9. The summed E-state index contributed by atoms with van der Waals surface area (Å²) in [6.07, 6.45) is 15.6. The molecule has 0 amide bonds. The number of hydrogen-bond donors (Lipinski definition) is 2. The summed E-state index contributed by atoms with van der Waals surface area (Å²) in [6, 6.07) is 11.0. The third kappa shape index (κ3) is 13.2. The molecule has 0 fully saturated rings. The predicted molar refractivity (Wildman–Crippen MR) is 156 cm³/mol. The fourth-order valence-electron chi connectivity index (χ4n) is 4.56. The number of carbonyl (C=O) groups excluding carboxylic acids is 1. The van der Waals surface area contributed by atoms with Gasteiger partial charge in [0, 0.05) is 25.0 Å². The topological polar surface area (TPSA) is 76.0 Å². The van der Waals surface area contributed by atoms with Crippen molar-refractivity contribution in [3.8, 4) is 23.0 Å².